The Kier molecular flexibility index (Phi) is 4.62. The fourth-order valence-electron chi connectivity index (χ4n) is 4.03. The molecule has 1 aromatic heterocycles. The Morgan fingerprint density at radius 1 is 1.18 bits per heavy atom. The first-order valence-electron chi connectivity index (χ1n) is 8.42. The number of rotatable bonds is 6. The van der Waals surface area contributed by atoms with Gasteiger partial charge in [0.15, 0.2) is 0 Å². The average Bonchev–Trinajstić information content (AvgIpc) is 2.56. The predicted molar refractivity (Wildman–Crippen MR) is 85.3 cm³/mol. The topological polar surface area (TPSA) is 65.7 Å². The zero-order valence-electron chi connectivity index (χ0n) is 13.1. The van der Waals surface area contributed by atoms with E-state index in [4.69, 9.17) is 5.21 Å². The molecule has 5 heteroatoms. The van der Waals surface area contributed by atoms with Gasteiger partial charge in [-0.3, -0.25) is 0 Å². The van der Waals surface area contributed by atoms with Gasteiger partial charge >= 0.3 is 0 Å². The van der Waals surface area contributed by atoms with Crippen molar-refractivity contribution in [2.75, 3.05) is 26.2 Å². The number of piperidine rings is 3. The minimum atomic E-state index is 0.0519. The number of unbranched alkanes of at least 4 members (excludes halogenated alkanes) is 1. The molecule has 0 saturated carbocycles. The molecule has 0 amide bonds. The molecule has 1 aromatic rings. The summed E-state index contributed by atoms with van der Waals surface area (Å²) in [7, 11) is 0. The first-order chi connectivity index (χ1) is 10.7. The minimum absolute atomic E-state index is 0.0519. The molecule has 0 radical (unpaired) electrons. The Balaban J connectivity index is 1.48. The van der Waals surface area contributed by atoms with Crippen molar-refractivity contribution in [3.05, 3.63) is 23.5 Å². The summed E-state index contributed by atoms with van der Waals surface area (Å²) in [5.74, 6) is 1.07. The van der Waals surface area contributed by atoms with Crippen molar-refractivity contribution in [1.29, 1.82) is 0 Å². The van der Waals surface area contributed by atoms with Crippen LogP contribution in [0, 0.1) is 5.92 Å². The number of pyridine rings is 1. The molecule has 0 spiro atoms. The number of hydrogen-bond donors (Lipinski definition) is 2. The molecule has 2 N–H and O–H groups in total. The van der Waals surface area contributed by atoms with Gasteiger partial charge in [0.05, 0.1) is 32.4 Å². The van der Waals surface area contributed by atoms with Crippen LogP contribution in [0.1, 0.15) is 43.5 Å². The molecule has 120 valence electrons. The summed E-state index contributed by atoms with van der Waals surface area (Å²) in [4.78, 5) is 4.33. The van der Waals surface area contributed by atoms with Crippen LogP contribution < -0.4 is 0 Å². The Morgan fingerprint density at radius 2 is 1.91 bits per heavy atom. The molecule has 5 nitrogen and oxygen atoms in total. The zero-order valence-corrected chi connectivity index (χ0v) is 13.1. The molecule has 3 fully saturated rings. The third kappa shape index (κ3) is 3.40. The lowest BCUT2D eigenvalue weighted by Crippen LogP contribution is -2.58. The first-order valence-corrected chi connectivity index (χ1v) is 8.42. The van der Waals surface area contributed by atoms with Gasteiger partial charge in [-0.1, -0.05) is 5.16 Å². The summed E-state index contributed by atoms with van der Waals surface area (Å²) in [5.41, 5.74) is 1.28. The lowest BCUT2D eigenvalue weighted by atomic mass is 9.85. The maximum atomic E-state index is 9.61. The smallest absolute Gasteiger partial charge is 0.142 e. The van der Waals surface area contributed by atoms with Gasteiger partial charge in [0, 0.05) is 5.69 Å². The van der Waals surface area contributed by atoms with Crippen molar-refractivity contribution in [1.82, 2.24) is 4.98 Å². The fraction of sp³-hybridized carbons (Fsp3) is 0.647. The molecule has 4 rings (SSSR count). The summed E-state index contributed by atoms with van der Waals surface area (Å²) in [6.07, 6.45) is 8.74. The predicted octanol–water partition coefficient (Wildman–Crippen LogP) is 2.55. The molecule has 3 aliphatic rings. The van der Waals surface area contributed by atoms with Crippen molar-refractivity contribution in [2.24, 2.45) is 11.1 Å². The monoisotopic (exact) mass is 304 g/mol. The molecule has 22 heavy (non-hydrogen) atoms. The van der Waals surface area contributed by atoms with E-state index in [9.17, 15) is 5.11 Å². The molecule has 0 unspecified atom stereocenters. The Hall–Kier alpha value is -1.62. The number of oxime groups is 1. The van der Waals surface area contributed by atoms with E-state index in [-0.39, 0.29) is 5.75 Å². The molecular weight excluding hydrogens is 278 g/mol. The van der Waals surface area contributed by atoms with Crippen LogP contribution in [0.25, 0.3) is 0 Å². The SMILES string of the molecule is O/N=C/c1nc(CCCC[N+]23CCC(CC2)CC3)ccc1O. The van der Waals surface area contributed by atoms with Crippen LogP contribution in [-0.2, 0) is 6.42 Å². The summed E-state index contributed by atoms with van der Waals surface area (Å²) >= 11 is 0. The van der Waals surface area contributed by atoms with E-state index >= 15 is 0 Å². The molecule has 0 aromatic carbocycles. The van der Waals surface area contributed by atoms with E-state index in [1.165, 1.54) is 62.6 Å². The van der Waals surface area contributed by atoms with Crippen molar-refractivity contribution in [2.45, 2.75) is 38.5 Å². The van der Waals surface area contributed by atoms with Crippen molar-refractivity contribution in [3.63, 3.8) is 0 Å². The Morgan fingerprint density at radius 3 is 2.59 bits per heavy atom. The summed E-state index contributed by atoms with van der Waals surface area (Å²) in [6, 6.07) is 3.47. The van der Waals surface area contributed by atoms with Crippen molar-refractivity contribution < 1.29 is 14.8 Å². The highest BCUT2D eigenvalue weighted by Crippen LogP contribution is 2.33. The second-order valence-electron chi connectivity index (χ2n) is 6.88. The van der Waals surface area contributed by atoms with Gasteiger partial charge in [0.2, 0.25) is 0 Å². The van der Waals surface area contributed by atoms with Gasteiger partial charge in [-0.2, -0.15) is 0 Å². The molecule has 4 heterocycles. The van der Waals surface area contributed by atoms with Crippen LogP contribution in [-0.4, -0.2) is 52.2 Å². The Labute approximate surface area is 131 Å². The van der Waals surface area contributed by atoms with Crippen LogP contribution in [0.15, 0.2) is 17.3 Å². The lowest BCUT2D eigenvalue weighted by Gasteiger charge is -2.49. The standard InChI is InChI=1S/C17H25N3O2/c21-17-5-4-15(19-16(17)13-18-22)3-1-2-9-20-10-6-14(7-11-20)8-12-20/h4-5,13-14H,1-3,6-12H2,(H-,18,19,21,22)/p+1. The van der Waals surface area contributed by atoms with E-state index in [1.807, 2.05) is 6.07 Å². The second-order valence-corrected chi connectivity index (χ2v) is 6.88. The van der Waals surface area contributed by atoms with Crippen molar-refractivity contribution >= 4 is 6.21 Å². The lowest BCUT2D eigenvalue weighted by molar-refractivity contribution is -0.942. The zero-order chi connectivity index (χ0) is 15.4. The van der Waals surface area contributed by atoms with E-state index in [0.29, 0.717) is 5.69 Å². The number of aromatic nitrogens is 1. The van der Waals surface area contributed by atoms with E-state index < -0.39 is 0 Å². The van der Waals surface area contributed by atoms with Gasteiger partial charge in [-0.15, -0.1) is 0 Å². The largest absolute Gasteiger partial charge is 0.506 e. The van der Waals surface area contributed by atoms with Gasteiger partial charge < -0.3 is 14.8 Å². The second kappa shape index (κ2) is 6.65. The van der Waals surface area contributed by atoms with E-state index in [0.717, 1.165) is 24.5 Å². The number of aryl methyl sites for hydroxylation is 1. The van der Waals surface area contributed by atoms with E-state index in [1.54, 1.807) is 6.07 Å². The molecule has 3 saturated heterocycles. The van der Waals surface area contributed by atoms with Gasteiger partial charge in [0.1, 0.15) is 11.4 Å². The molecule has 3 aliphatic heterocycles. The number of fused-ring (bicyclic) bond motifs is 3. The maximum absolute atomic E-state index is 9.61. The third-order valence-electron chi connectivity index (χ3n) is 5.49. The summed E-state index contributed by atoms with van der Waals surface area (Å²) in [6.45, 7) is 5.47. The van der Waals surface area contributed by atoms with E-state index in [2.05, 4.69) is 10.1 Å². The van der Waals surface area contributed by atoms with Gasteiger partial charge in [-0.25, -0.2) is 4.98 Å². The van der Waals surface area contributed by atoms with Crippen LogP contribution >= 0.6 is 0 Å². The highest BCUT2D eigenvalue weighted by atomic mass is 16.4. The van der Waals surface area contributed by atoms with Crippen molar-refractivity contribution in [3.8, 4) is 5.75 Å². The normalized spacial score (nSPS) is 27.5. The summed E-state index contributed by atoms with van der Waals surface area (Å²) in [5, 5.41) is 21.1. The quantitative estimate of drug-likeness (QED) is 0.279. The summed E-state index contributed by atoms with van der Waals surface area (Å²) < 4.78 is 1.35. The first kappa shape index (κ1) is 15.3. The van der Waals surface area contributed by atoms with Gasteiger partial charge in [0.25, 0.3) is 0 Å². The number of aromatic hydroxyl groups is 1. The highest BCUT2D eigenvalue weighted by molar-refractivity contribution is 5.80. The number of quaternary nitrogens is 1. The molecule has 2 bridgehead atoms. The van der Waals surface area contributed by atoms with Gasteiger partial charge in [-0.05, 0) is 56.6 Å². The molecule has 0 aliphatic carbocycles. The van der Waals surface area contributed by atoms with Crippen LogP contribution in [0.2, 0.25) is 0 Å². The van der Waals surface area contributed by atoms with Crippen LogP contribution in [0.3, 0.4) is 0 Å². The van der Waals surface area contributed by atoms with Crippen LogP contribution in [0.5, 0.6) is 5.75 Å². The molecular formula is C17H26N3O2+. The highest BCUT2D eigenvalue weighted by Gasteiger charge is 2.38. The molecule has 0 atom stereocenters. The average molecular weight is 304 g/mol. The minimum Gasteiger partial charge on any atom is -0.506 e. The van der Waals surface area contributed by atoms with Crippen LogP contribution in [0.4, 0.5) is 0 Å². The Bertz CT molecular complexity index is 523. The number of nitrogens with zero attached hydrogens (tertiary/aromatic N) is 3. The maximum Gasteiger partial charge on any atom is 0.142 e. The third-order valence-corrected chi connectivity index (χ3v) is 5.49. The number of hydrogen-bond acceptors (Lipinski definition) is 4. The fourth-order valence-corrected chi connectivity index (χ4v) is 4.03.